The number of carbonyl (C=O) groups excluding carboxylic acids is 2. The van der Waals surface area contributed by atoms with E-state index < -0.39 is 16.8 Å². The molecular formula is C33H32FN3O4. The summed E-state index contributed by atoms with van der Waals surface area (Å²) in [5.74, 6) is -0.891. The van der Waals surface area contributed by atoms with Gasteiger partial charge in [0, 0.05) is 38.5 Å². The maximum atomic E-state index is 14.0. The van der Waals surface area contributed by atoms with Crippen molar-refractivity contribution in [2.75, 3.05) is 13.7 Å². The van der Waals surface area contributed by atoms with Gasteiger partial charge in [-0.1, -0.05) is 39.3 Å². The van der Waals surface area contributed by atoms with Crippen molar-refractivity contribution in [3.63, 3.8) is 0 Å². The van der Waals surface area contributed by atoms with Crippen molar-refractivity contribution in [1.29, 1.82) is 0 Å². The van der Waals surface area contributed by atoms with Crippen LogP contribution in [0.2, 0.25) is 0 Å². The number of nitrogens with zero attached hydrogens (tertiary/aromatic N) is 3. The van der Waals surface area contributed by atoms with Gasteiger partial charge >= 0.3 is 5.97 Å². The molecule has 210 valence electrons. The molecule has 7 nitrogen and oxygen atoms in total. The SMILES string of the molecule is COC(=O)c1ccc(-c2c(C3(CO)CCC3)n(-c3ccc(F)cc3)c3cc4cnn(C(=O)C(C)(C)C)c4cc23)cc1. The Labute approximate surface area is 237 Å². The van der Waals surface area contributed by atoms with Crippen molar-refractivity contribution in [2.24, 2.45) is 5.41 Å². The van der Waals surface area contributed by atoms with Gasteiger partial charge in [0.1, 0.15) is 5.82 Å². The number of aliphatic hydroxyl groups excluding tert-OH is 1. The highest BCUT2D eigenvalue weighted by molar-refractivity contribution is 6.08. The molecule has 0 saturated heterocycles. The summed E-state index contributed by atoms with van der Waals surface area (Å²) in [5.41, 5.74) is 4.25. The Balaban J connectivity index is 1.74. The Hall–Kier alpha value is -4.30. The molecule has 5 aromatic rings. The first-order valence-corrected chi connectivity index (χ1v) is 13.7. The van der Waals surface area contributed by atoms with Crippen LogP contribution < -0.4 is 0 Å². The minimum Gasteiger partial charge on any atom is -0.465 e. The number of aliphatic hydroxyl groups is 1. The Morgan fingerprint density at radius 1 is 1.02 bits per heavy atom. The van der Waals surface area contributed by atoms with Gasteiger partial charge in [-0.2, -0.15) is 9.78 Å². The van der Waals surface area contributed by atoms with E-state index in [1.165, 1.54) is 23.9 Å². The van der Waals surface area contributed by atoms with Crippen LogP contribution in [0.1, 0.15) is 60.9 Å². The number of hydrogen-bond acceptors (Lipinski definition) is 5. The normalized spacial score (nSPS) is 14.8. The number of carbonyl (C=O) groups is 2. The fourth-order valence-electron chi connectivity index (χ4n) is 5.90. The molecule has 1 N–H and O–H groups in total. The van der Waals surface area contributed by atoms with E-state index in [4.69, 9.17) is 4.74 Å². The van der Waals surface area contributed by atoms with Gasteiger partial charge < -0.3 is 14.4 Å². The molecule has 0 bridgehead atoms. The van der Waals surface area contributed by atoms with Crippen LogP contribution in [0.3, 0.4) is 0 Å². The molecule has 2 aromatic heterocycles. The van der Waals surface area contributed by atoms with Crippen LogP contribution in [0.15, 0.2) is 66.9 Å². The Morgan fingerprint density at radius 2 is 1.71 bits per heavy atom. The summed E-state index contributed by atoms with van der Waals surface area (Å²) >= 11 is 0. The van der Waals surface area contributed by atoms with Crippen LogP contribution in [-0.2, 0) is 10.2 Å². The first kappa shape index (κ1) is 26.9. The molecule has 1 fully saturated rings. The van der Waals surface area contributed by atoms with E-state index in [2.05, 4.69) is 9.67 Å². The van der Waals surface area contributed by atoms with Gasteiger partial charge in [0.25, 0.3) is 5.91 Å². The zero-order valence-corrected chi connectivity index (χ0v) is 23.6. The molecule has 0 aliphatic heterocycles. The van der Waals surface area contributed by atoms with Crippen LogP contribution in [0.4, 0.5) is 4.39 Å². The van der Waals surface area contributed by atoms with Crippen LogP contribution >= 0.6 is 0 Å². The predicted molar refractivity (Wildman–Crippen MR) is 156 cm³/mol. The molecule has 6 rings (SSSR count). The second-order valence-electron chi connectivity index (χ2n) is 11.9. The van der Waals surface area contributed by atoms with E-state index in [1.807, 2.05) is 45.0 Å². The van der Waals surface area contributed by atoms with Crippen molar-refractivity contribution in [1.82, 2.24) is 14.3 Å². The number of esters is 1. The highest BCUT2D eigenvalue weighted by Crippen LogP contribution is 2.51. The van der Waals surface area contributed by atoms with E-state index >= 15 is 0 Å². The summed E-state index contributed by atoms with van der Waals surface area (Å²) in [6.07, 6.45) is 4.26. The van der Waals surface area contributed by atoms with Crippen molar-refractivity contribution in [3.05, 3.63) is 83.9 Å². The molecule has 2 heterocycles. The van der Waals surface area contributed by atoms with Gasteiger partial charge in [-0.3, -0.25) is 4.79 Å². The summed E-state index contributed by atoms with van der Waals surface area (Å²) < 4.78 is 22.5. The van der Waals surface area contributed by atoms with Gasteiger partial charge in [0.15, 0.2) is 0 Å². The van der Waals surface area contributed by atoms with Gasteiger partial charge in [0.2, 0.25) is 0 Å². The number of fused-ring (bicyclic) bond motifs is 2. The first-order chi connectivity index (χ1) is 19.6. The summed E-state index contributed by atoms with van der Waals surface area (Å²) in [4.78, 5) is 25.5. The zero-order valence-electron chi connectivity index (χ0n) is 23.6. The Bertz CT molecular complexity index is 1800. The molecular weight excluding hydrogens is 521 g/mol. The van der Waals surface area contributed by atoms with Crippen LogP contribution in [-0.4, -0.2) is 45.0 Å². The third-order valence-electron chi connectivity index (χ3n) is 8.29. The van der Waals surface area contributed by atoms with Crippen molar-refractivity contribution >= 4 is 33.7 Å². The van der Waals surface area contributed by atoms with E-state index in [0.717, 1.165) is 58.1 Å². The second kappa shape index (κ2) is 9.66. The molecule has 0 radical (unpaired) electrons. The lowest BCUT2D eigenvalue weighted by molar-refractivity contribution is 0.0600. The fraction of sp³-hybridized carbons (Fsp3) is 0.303. The van der Waals surface area contributed by atoms with Gasteiger partial charge in [-0.25, -0.2) is 9.18 Å². The maximum absolute atomic E-state index is 14.0. The number of hydrogen-bond donors (Lipinski definition) is 1. The number of benzene rings is 3. The highest BCUT2D eigenvalue weighted by Gasteiger charge is 2.44. The van der Waals surface area contributed by atoms with Crippen molar-refractivity contribution < 1.29 is 23.8 Å². The molecule has 0 atom stereocenters. The summed E-state index contributed by atoms with van der Waals surface area (Å²) in [6, 6.07) is 17.5. The van der Waals surface area contributed by atoms with Crippen LogP contribution in [0.5, 0.6) is 0 Å². The number of rotatable bonds is 5. The van der Waals surface area contributed by atoms with Crippen LogP contribution in [0.25, 0.3) is 38.6 Å². The molecule has 0 amide bonds. The molecule has 1 aliphatic rings. The van der Waals surface area contributed by atoms with Crippen molar-refractivity contribution in [2.45, 2.75) is 45.4 Å². The number of aromatic nitrogens is 3. The van der Waals surface area contributed by atoms with Gasteiger partial charge in [-0.05, 0) is 66.9 Å². The second-order valence-corrected chi connectivity index (χ2v) is 11.9. The van der Waals surface area contributed by atoms with Crippen LogP contribution in [0, 0.1) is 11.2 Å². The molecule has 3 aromatic carbocycles. The molecule has 8 heteroatoms. The lowest BCUT2D eigenvalue weighted by Crippen LogP contribution is -2.40. The number of methoxy groups -OCH3 is 1. The average molecular weight is 554 g/mol. The molecule has 1 aliphatic carbocycles. The lowest BCUT2D eigenvalue weighted by Gasteiger charge is -2.42. The van der Waals surface area contributed by atoms with E-state index in [9.17, 15) is 19.1 Å². The number of halogens is 1. The average Bonchev–Trinajstić information content (AvgIpc) is 3.49. The van der Waals surface area contributed by atoms with E-state index in [-0.39, 0.29) is 18.3 Å². The molecule has 41 heavy (non-hydrogen) atoms. The molecule has 0 unspecified atom stereocenters. The smallest absolute Gasteiger partial charge is 0.337 e. The lowest BCUT2D eigenvalue weighted by atomic mass is 9.65. The highest BCUT2D eigenvalue weighted by atomic mass is 19.1. The maximum Gasteiger partial charge on any atom is 0.337 e. The predicted octanol–water partition coefficient (Wildman–Crippen LogP) is 6.67. The third-order valence-corrected chi connectivity index (χ3v) is 8.29. The van der Waals surface area contributed by atoms with E-state index in [1.54, 1.807) is 30.5 Å². The van der Waals surface area contributed by atoms with Crippen molar-refractivity contribution in [3.8, 4) is 16.8 Å². The minimum absolute atomic E-state index is 0.0480. The Morgan fingerprint density at radius 3 is 2.27 bits per heavy atom. The fourth-order valence-corrected chi connectivity index (χ4v) is 5.90. The van der Waals surface area contributed by atoms with Gasteiger partial charge in [-0.15, -0.1) is 0 Å². The monoisotopic (exact) mass is 553 g/mol. The zero-order chi connectivity index (χ0) is 29.1. The summed E-state index contributed by atoms with van der Waals surface area (Å²) in [5, 5.41) is 16.9. The Kier molecular flexibility index (Phi) is 6.34. The molecule has 0 spiro atoms. The minimum atomic E-state index is -0.640. The van der Waals surface area contributed by atoms with E-state index in [0.29, 0.717) is 11.1 Å². The van der Waals surface area contributed by atoms with Gasteiger partial charge in [0.05, 0.1) is 36.5 Å². The number of ether oxygens (including phenoxy) is 1. The third kappa shape index (κ3) is 4.25. The standard InChI is InChI=1S/C33H32FN3O4/c1-32(2,3)31(40)37-26-17-25-27(16-22(26)18-35-37)36(24-12-10-23(34)11-13-24)29(33(19-38)14-5-15-33)28(25)20-6-8-21(9-7-20)30(39)41-4/h6-13,16-18,38H,5,14-15,19H2,1-4H3. The topological polar surface area (TPSA) is 86.3 Å². The molecule has 1 saturated carbocycles. The summed E-state index contributed by atoms with van der Waals surface area (Å²) in [7, 11) is 1.35. The first-order valence-electron chi connectivity index (χ1n) is 13.7. The summed E-state index contributed by atoms with van der Waals surface area (Å²) in [6.45, 7) is 5.54. The quantitative estimate of drug-likeness (QED) is 0.246. The largest absolute Gasteiger partial charge is 0.465 e.